The average Bonchev–Trinajstić information content (AvgIpc) is 2.32. The van der Waals surface area contributed by atoms with Gasteiger partial charge in [0, 0.05) is 19.1 Å². The minimum atomic E-state index is 0.287. The van der Waals surface area contributed by atoms with E-state index >= 15 is 0 Å². The van der Waals surface area contributed by atoms with Gasteiger partial charge in [-0.3, -0.25) is 4.79 Å². The second-order valence-electron chi connectivity index (χ2n) is 4.63. The lowest BCUT2D eigenvalue weighted by Gasteiger charge is -2.16. The minimum Gasteiger partial charge on any atom is -0.380 e. The molecule has 0 unspecified atom stereocenters. The van der Waals surface area contributed by atoms with Crippen LogP contribution in [0.2, 0.25) is 0 Å². The highest BCUT2D eigenvalue weighted by atomic mass is 16.5. The van der Waals surface area contributed by atoms with Gasteiger partial charge in [0.05, 0.1) is 6.61 Å². The Kier molecular flexibility index (Phi) is 6.87. The highest BCUT2D eigenvalue weighted by Gasteiger charge is 2.17. The van der Waals surface area contributed by atoms with Gasteiger partial charge in [-0.1, -0.05) is 31.9 Å². The van der Waals surface area contributed by atoms with Crippen molar-refractivity contribution in [3.63, 3.8) is 0 Å². The minimum absolute atomic E-state index is 0.287. The summed E-state index contributed by atoms with van der Waals surface area (Å²) in [7, 11) is 1.69. The van der Waals surface area contributed by atoms with E-state index in [1.54, 1.807) is 7.11 Å². The topological polar surface area (TPSA) is 26.3 Å². The Bertz CT molecular complexity index is 300. The Hall–Kier alpha value is -0.890. The number of carbonyl (C=O) groups is 1. The van der Waals surface area contributed by atoms with Gasteiger partial charge in [0.15, 0.2) is 5.78 Å². The van der Waals surface area contributed by atoms with Crippen molar-refractivity contribution >= 4 is 5.78 Å². The first kappa shape index (κ1) is 14.2. The van der Waals surface area contributed by atoms with Gasteiger partial charge < -0.3 is 4.74 Å². The number of ketones is 1. The normalized spacial score (nSPS) is 17.2. The van der Waals surface area contributed by atoms with Crippen LogP contribution < -0.4 is 0 Å². The second kappa shape index (κ2) is 8.24. The number of allylic oxidation sites excluding steroid dienone is 3. The van der Waals surface area contributed by atoms with Gasteiger partial charge in [-0.2, -0.15) is 0 Å². The third kappa shape index (κ3) is 4.86. The molecule has 1 aliphatic rings. The molecule has 1 aliphatic carbocycles. The molecule has 0 radical (unpaired) electrons. The molecule has 0 spiro atoms. The molecule has 0 aromatic heterocycles. The highest BCUT2D eigenvalue weighted by Crippen LogP contribution is 2.23. The van der Waals surface area contributed by atoms with E-state index in [0.717, 1.165) is 24.8 Å². The second-order valence-corrected chi connectivity index (χ2v) is 4.63. The van der Waals surface area contributed by atoms with Gasteiger partial charge in [0.1, 0.15) is 0 Å². The van der Waals surface area contributed by atoms with Crippen LogP contribution in [0.3, 0.4) is 0 Å². The van der Waals surface area contributed by atoms with Crippen LogP contribution in [-0.2, 0) is 9.53 Å². The van der Waals surface area contributed by atoms with Crippen LogP contribution in [0, 0.1) is 0 Å². The third-order valence-corrected chi connectivity index (χ3v) is 3.14. The summed E-state index contributed by atoms with van der Waals surface area (Å²) in [5, 5.41) is 0. The number of Topliss-reactive ketones (excluding diaryl/α,β-unsaturated/α-hetero) is 1. The number of ether oxygens (including phenoxy) is 1. The van der Waals surface area contributed by atoms with Gasteiger partial charge in [0.25, 0.3) is 0 Å². The molecule has 0 aromatic rings. The molecule has 0 fully saturated rings. The molecule has 1 rings (SSSR count). The molecular weight excluding hydrogens is 212 g/mol. The molecule has 0 saturated carbocycles. The van der Waals surface area contributed by atoms with Crippen molar-refractivity contribution in [3.8, 4) is 0 Å². The van der Waals surface area contributed by atoms with E-state index < -0.39 is 0 Å². The molecule has 2 nitrogen and oxygen atoms in total. The zero-order valence-electron chi connectivity index (χ0n) is 11.1. The maximum atomic E-state index is 11.8. The summed E-state index contributed by atoms with van der Waals surface area (Å²) in [5.74, 6) is 0.287. The van der Waals surface area contributed by atoms with Crippen LogP contribution in [0.1, 0.15) is 51.9 Å². The summed E-state index contributed by atoms with van der Waals surface area (Å²) in [6.45, 7) is 2.80. The Morgan fingerprint density at radius 1 is 1.29 bits per heavy atom. The van der Waals surface area contributed by atoms with Crippen LogP contribution in [0.15, 0.2) is 23.3 Å². The van der Waals surface area contributed by atoms with Crippen molar-refractivity contribution in [2.75, 3.05) is 13.7 Å². The zero-order chi connectivity index (χ0) is 12.5. The third-order valence-electron chi connectivity index (χ3n) is 3.14. The number of unbranched alkanes of at least 4 members (excludes halogenated alkanes) is 3. The molecule has 17 heavy (non-hydrogen) atoms. The first-order valence-electron chi connectivity index (χ1n) is 6.70. The SMILES string of the molecule is CCCCC/C=C/C1=C(COC)CCCC1=O. The molecule has 0 aliphatic heterocycles. The van der Waals surface area contributed by atoms with E-state index in [9.17, 15) is 4.79 Å². The first-order chi connectivity index (χ1) is 8.29. The van der Waals surface area contributed by atoms with Gasteiger partial charge in [0.2, 0.25) is 0 Å². The Morgan fingerprint density at radius 3 is 2.82 bits per heavy atom. The molecule has 0 N–H and O–H groups in total. The molecular formula is C15H24O2. The standard InChI is InChI=1S/C15H24O2/c1-3-4-5-6-7-10-14-13(12-17-2)9-8-11-15(14)16/h7,10H,3-6,8-9,11-12H2,1-2H3/b10-7+. The van der Waals surface area contributed by atoms with Crippen molar-refractivity contribution in [3.05, 3.63) is 23.3 Å². The largest absolute Gasteiger partial charge is 0.380 e. The molecule has 0 atom stereocenters. The number of carbonyl (C=O) groups excluding carboxylic acids is 1. The lowest BCUT2D eigenvalue weighted by atomic mass is 9.90. The lowest BCUT2D eigenvalue weighted by Crippen LogP contribution is -2.13. The zero-order valence-corrected chi connectivity index (χ0v) is 11.1. The van der Waals surface area contributed by atoms with Gasteiger partial charge >= 0.3 is 0 Å². The van der Waals surface area contributed by atoms with E-state index in [-0.39, 0.29) is 5.78 Å². The fourth-order valence-corrected chi connectivity index (χ4v) is 2.18. The molecule has 0 saturated heterocycles. The summed E-state index contributed by atoms with van der Waals surface area (Å²) >= 11 is 0. The number of hydrogen-bond donors (Lipinski definition) is 0. The van der Waals surface area contributed by atoms with Crippen molar-refractivity contribution in [1.82, 2.24) is 0 Å². The Balaban J connectivity index is 2.58. The maximum Gasteiger partial charge on any atom is 0.162 e. The quantitative estimate of drug-likeness (QED) is 0.628. The van der Waals surface area contributed by atoms with E-state index in [1.807, 2.05) is 6.08 Å². The van der Waals surface area contributed by atoms with Gasteiger partial charge in [-0.25, -0.2) is 0 Å². The molecule has 0 amide bonds. The average molecular weight is 236 g/mol. The monoisotopic (exact) mass is 236 g/mol. The van der Waals surface area contributed by atoms with Crippen LogP contribution in [0.4, 0.5) is 0 Å². The predicted octanol–water partition coefficient (Wildman–Crippen LogP) is 3.82. The van der Waals surface area contributed by atoms with Crippen molar-refractivity contribution < 1.29 is 9.53 Å². The van der Waals surface area contributed by atoms with Crippen LogP contribution in [0.25, 0.3) is 0 Å². The Labute approximate surface area is 105 Å². The molecule has 0 bridgehead atoms. The molecule has 0 heterocycles. The van der Waals surface area contributed by atoms with Crippen LogP contribution in [0.5, 0.6) is 0 Å². The van der Waals surface area contributed by atoms with Crippen molar-refractivity contribution in [2.45, 2.75) is 51.9 Å². The molecule has 0 aromatic carbocycles. The predicted molar refractivity (Wildman–Crippen MR) is 71.0 cm³/mol. The maximum absolute atomic E-state index is 11.8. The smallest absolute Gasteiger partial charge is 0.162 e. The summed E-state index contributed by atoms with van der Waals surface area (Å²) in [4.78, 5) is 11.8. The first-order valence-corrected chi connectivity index (χ1v) is 6.70. The fourth-order valence-electron chi connectivity index (χ4n) is 2.18. The summed E-state index contributed by atoms with van der Waals surface area (Å²) in [6, 6.07) is 0. The van der Waals surface area contributed by atoms with Crippen LogP contribution in [-0.4, -0.2) is 19.5 Å². The molecule has 96 valence electrons. The van der Waals surface area contributed by atoms with Crippen LogP contribution >= 0.6 is 0 Å². The summed E-state index contributed by atoms with van der Waals surface area (Å²) in [5.41, 5.74) is 2.09. The number of hydrogen-bond acceptors (Lipinski definition) is 2. The Morgan fingerprint density at radius 2 is 2.12 bits per heavy atom. The molecule has 2 heteroatoms. The van der Waals surface area contributed by atoms with Crippen molar-refractivity contribution in [1.29, 1.82) is 0 Å². The fraction of sp³-hybridized carbons (Fsp3) is 0.667. The number of rotatable bonds is 7. The van der Waals surface area contributed by atoms with E-state index in [2.05, 4.69) is 13.0 Å². The number of methoxy groups -OCH3 is 1. The van der Waals surface area contributed by atoms with E-state index in [1.165, 1.54) is 24.8 Å². The van der Waals surface area contributed by atoms with Gasteiger partial charge in [-0.05, 0) is 31.3 Å². The van der Waals surface area contributed by atoms with Crippen molar-refractivity contribution in [2.24, 2.45) is 0 Å². The lowest BCUT2D eigenvalue weighted by molar-refractivity contribution is -0.115. The van der Waals surface area contributed by atoms with E-state index in [0.29, 0.717) is 13.0 Å². The highest BCUT2D eigenvalue weighted by molar-refractivity contribution is 5.99. The summed E-state index contributed by atoms with van der Waals surface area (Å²) in [6.07, 6.45) is 11.6. The van der Waals surface area contributed by atoms with Gasteiger partial charge in [-0.15, -0.1) is 0 Å². The summed E-state index contributed by atoms with van der Waals surface area (Å²) < 4.78 is 5.16. The van der Waals surface area contributed by atoms with E-state index in [4.69, 9.17) is 4.74 Å².